The lowest BCUT2D eigenvalue weighted by molar-refractivity contribution is 0.301. The van der Waals surface area contributed by atoms with Gasteiger partial charge in [-0.3, -0.25) is 0 Å². The van der Waals surface area contributed by atoms with E-state index in [1.165, 1.54) is 32.1 Å². The van der Waals surface area contributed by atoms with E-state index < -0.39 is 0 Å². The summed E-state index contributed by atoms with van der Waals surface area (Å²) in [6.07, 6.45) is 10.9. The highest BCUT2D eigenvalue weighted by Gasteiger charge is 2.37. The molecule has 0 radical (unpaired) electrons. The Balaban J connectivity index is 1.83. The van der Waals surface area contributed by atoms with Gasteiger partial charge in [-0.1, -0.05) is 25.0 Å². The Kier molecular flexibility index (Phi) is 3.80. The van der Waals surface area contributed by atoms with Crippen LogP contribution in [-0.2, 0) is 4.74 Å². The number of epoxide rings is 1. The van der Waals surface area contributed by atoms with Gasteiger partial charge in [0.25, 0.3) is 0 Å². The van der Waals surface area contributed by atoms with E-state index in [4.69, 9.17) is 4.74 Å². The molecule has 0 aromatic rings. The second-order valence-electron chi connectivity index (χ2n) is 3.91. The summed E-state index contributed by atoms with van der Waals surface area (Å²) < 4.78 is 5.31. The molecule has 0 aromatic carbocycles. The minimum absolute atomic E-state index is 0.278. The maximum atomic E-state index is 5.31. The third-order valence-electron chi connectivity index (χ3n) is 2.45. The third-order valence-corrected chi connectivity index (χ3v) is 2.45. The fourth-order valence-electron chi connectivity index (χ4n) is 1.37. The largest absolute Gasteiger partial charge is 0.370 e. The highest BCUT2D eigenvalue weighted by atomic mass is 16.6. The zero-order valence-corrected chi connectivity index (χ0v) is 8.31. The van der Waals surface area contributed by atoms with Gasteiger partial charge in [-0.2, -0.15) is 0 Å². The van der Waals surface area contributed by atoms with E-state index in [2.05, 4.69) is 26.0 Å². The summed E-state index contributed by atoms with van der Waals surface area (Å²) in [5.74, 6) is 0. The summed E-state index contributed by atoms with van der Waals surface area (Å²) in [4.78, 5) is 0. The van der Waals surface area contributed by atoms with Gasteiger partial charge in [0.1, 0.15) is 0 Å². The first kappa shape index (κ1) is 9.79. The Labute approximate surface area is 75.8 Å². The van der Waals surface area contributed by atoms with E-state index in [1.807, 2.05) is 0 Å². The molecule has 0 saturated carbocycles. The first-order valence-corrected chi connectivity index (χ1v) is 5.02. The molecule has 1 rings (SSSR count). The van der Waals surface area contributed by atoms with Crippen molar-refractivity contribution in [2.24, 2.45) is 0 Å². The molecule has 0 N–H and O–H groups in total. The Morgan fingerprint density at radius 1 is 1.33 bits per heavy atom. The van der Waals surface area contributed by atoms with Gasteiger partial charge >= 0.3 is 0 Å². The molecular weight excluding hydrogens is 148 g/mol. The molecule has 12 heavy (non-hydrogen) atoms. The zero-order valence-electron chi connectivity index (χ0n) is 8.31. The van der Waals surface area contributed by atoms with Crippen molar-refractivity contribution >= 4 is 0 Å². The van der Waals surface area contributed by atoms with Crippen LogP contribution in [0.25, 0.3) is 0 Å². The number of rotatable bonds is 6. The average Bonchev–Trinajstić information content (AvgIpc) is 2.77. The van der Waals surface area contributed by atoms with Crippen LogP contribution in [0.15, 0.2) is 12.2 Å². The van der Waals surface area contributed by atoms with Crippen LogP contribution in [0, 0.1) is 0 Å². The molecule has 0 aromatic heterocycles. The SMILES string of the molecule is C/C=C\CCCCC[C@@]1(C)CO1. The first-order chi connectivity index (χ1) is 5.77. The maximum absolute atomic E-state index is 5.31. The Hall–Kier alpha value is -0.300. The lowest BCUT2D eigenvalue weighted by atomic mass is 10.0. The van der Waals surface area contributed by atoms with E-state index in [-0.39, 0.29) is 5.60 Å². The van der Waals surface area contributed by atoms with E-state index in [0.717, 1.165) is 6.61 Å². The van der Waals surface area contributed by atoms with E-state index in [1.54, 1.807) is 0 Å². The normalized spacial score (nSPS) is 28.2. The Bertz CT molecular complexity index is 145. The quantitative estimate of drug-likeness (QED) is 0.337. The molecule has 1 fully saturated rings. The zero-order chi connectivity index (χ0) is 8.86. The average molecular weight is 168 g/mol. The van der Waals surface area contributed by atoms with Gasteiger partial charge in [-0.05, 0) is 33.1 Å². The summed E-state index contributed by atoms with van der Waals surface area (Å²) >= 11 is 0. The highest BCUT2D eigenvalue weighted by molar-refractivity contribution is 4.86. The molecule has 0 bridgehead atoms. The fourth-order valence-corrected chi connectivity index (χ4v) is 1.37. The van der Waals surface area contributed by atoms with Crippen molar-refractivity contribution in [1.82, 2.24) is 0 Å². The van der Waals surface area contributed by atoms with Gasteiger partial charge in [0.2, 0.25) is 0 Å². The molecule has 1 aliphatic rings. The van der Waals surface area contributed by atoms with Gasteiger partial charge in [0, 0.05) is 0 Å². The molecule has 0 unspecified atom stereocenters. The van der Waals surface area contributed by atoms with Gasteiger partial charge < -0.3 is 4.74 Å². The molecule has 70 valence electrons. The monoisotopic (exact) mass is 168 g/mol. The van der Waals surface area contributed by atoms with Gasteiger partial charge in [-0.25, -0.2) is 0 Å². The number of hydrogen-bond acceptors (Lipinski definition) is 1. The van der Waals surface area contributed by atoms with E-state index in [9.17, 15) is 0 Å². The molecule has 1 heterocycles. The number of hydrogen-bond donors (Lipinski definition) is 0. The second kappa shape index (κ2) is 4.66. The molecule has 0 amide bonds. The maximum Gasteiger partial charge on any atom is 0.0888 e. The standard InChI is InChI=1S/C11H20O/c1-3-4-5-6-7-8-9-11(2)10-12-11/h3-4H,5-10H2,1-2H3/b4-3-/t11-/m0/s1. The van der Waals surface area contributed by atoms with Crippen LogP contribution in [-0.4, -0.2) is 12.2 Å². The summed E-state index contributed by atoms with van der Waals surface area (Å²) in [6.45, 7) is 5.28. The van der Waals surface area contributed by atoms with E-state index in [0.29, 0.717) is 0 Å². The Morgan fingerprint density at radius 2 is 2.08 bits per heavy atom. The van der Waals surface area contributed by atoms with Crippen molar-refractivity contribution in [3.05, 3.63) is 12.2 Å². The third kappa shape index (κ3) is 3.91. The van der Waals surface area contributed by atoms with Crippen LogP contribution < -0.4 is 0 Å². The highest BCUT2D eigenvalue weighted by Crippen LogP contribution is 2.31. The van der Waals surface area contributed by atoms with Crippen LogP contribution in [0.3, 0.4) is 0 Å². The van der Waals surface area contributed by atoms with Gasteiger partial charge in [-0.15, -0.1) is 0 Å². The predicted molar refractivity (Wildman–Crippen MR) is 52.3 cm³/mol. The van der Waals surface area contributed by atoms with E-state index >= 15 is 0 Å². The lowest BCUT2D eigenvalue weighted by Crippen LogP contribution is -2.02. The number of ether oxygens (including phenoxy) is 1. The topological polar surface area (TPSA) is 12.5 Å². The molecule has 1 nitrogen and oxygen atoms in total. The summed E-state index contributed by atoms with van der Waals surface area (Å²) in [7, 11) is 0. The summed E-state index contributed by atoms with van der Waals surface area (Å²) in [5, 5.41) is 0. The van der Waals surface area contributed by atoms with Crippen LogP contribution in [0.4, 0.5) is 0 Å². The molecular formula is C11H20O. The lowest BCUT2D eigenvalue weighted by Gasteiger charge is -2.02. The molecule has 1 saturated heterocycles. The minimum Gasteiger partial charge on any atom is -0.370 e. The smallest absolute Gasteiger partial charge is 0.0888 e. The summed E-state index contributed by atoms with van der Waals surface area (Å²) in [5.41, 5.74) is 0.278. The van der Waals surface area contributed by atoms with Crippen LogP contribution >= 0.6 is 0 Å². The van der Waals surface area contributed by atoms with Crippen LogP contribution in [0.5, 0.6) is 0 Å². The molecule has 0 aliphatic carbocycles. The molecule has 1 atom stereocenters. The number of unbranched alkanes of at least 4 members (excludes halogenated alkanes) is 3. The summed E-state index contributed by atoms with van der Waals surface area (Å²) in [6, 6.07) is 0. The van der Waals surface area contributed by atoms with Crippen molar-refractivity contribution in [2.75, 3.05) is 6.61 Å². The predicted octanol–water partition coefficient (Wildman–Crippen LogP) is 3.30. The van der Waals surface area contributed by atoms with Crippen molar-refractivity contribution in [3.8, 4) is 0 Å². The molecule has 1 aliphatic heterocycles. The fraction of sp³-hybridized carbons (Fsp3) is 0.818. The van der Waals surface area contributed by atoms with Crippen molar-refractivity contribution in [1.29, 1.82) is 0 Å². The Morgan fingerprint density at radius 3 is 2.67 bits per heavy atom. The minimum atomic E-state index is 0.278. The van der Waals surface area contributed by atoms with Crippen molar-refractivity contribution < 1.29 is 4.74 Å². The van der Waals surface area contributed by atoms with Crippen molar-refractivity contribution in [3.63, 3.8) is 0 Å². The van der Waals surface area contributed by atoms with Crippen LogP contribution in [0.1, 0.15) is 46.0 Å². The molecule has 1 heteroatoms. The van der Waals surface area contributed by atoms with Gasteiger partial charge in [0.05, 0.1) is 12.2 Å². The first-order valence-electron chi connectivity index (χ1n) is 5.02. The van der Waals surface area contributed by atoms with Crippen molar-refractivity contribution in [2.45, 2.75) is 51.6 Å². The second-order valence-corrected chi connectivity index (χ2v) is 3.91. The van der Waals surface area contributed by atoms with Crippen LogP contribution in [0.2, 0.25) is 0 Å². The van der Waals surface area contributed by atoms with Gasteiger partial charge in [0.15, 0.2) is 0 Å². The molecule has 0 spiro atoms. The number of allylic oxidation sites excluding steroid dienone is 2.